The Hall–Kier alpha value is -0.890. The third-order valence-corrected chi connectivity index (χ3v) is 3.49. The van der Waals surface area contributed by atoms with Gasteiger partial charge in [-0.15, -0.1) is 0 Å². The molecule has 1 aliphatic carbocycles. The summed E-state index contributed by atoms with van der Waals surface area (Å²) in [5.74, 6) is 0.780. The van der Waals surface area contributed by atoms with Crippen LogP contribution in [-0.4, -0.2) is 15.7 Å². The van der Waals surface area contributed by atoms with Crippen LogP contribution < -0.4 is 0 Å². The van der Waals surface area contributed by atoms with E-state index in [0.717, 1.165) is 38.0 Å². The summed E-state index contributed by atoms with van der Waals surface area (Å²) in [5.41, 5.74) is 0.732. The van der Waals surface area contributed by atoms with Crippen molar-refractivity contribution in [3.8, 4) is 0 Å². The van der Waals surface area contributed by atoms with Crippen LogP contribution in [0.5, 0.6) is 0 Å². The van der Waals surface area contributed by atoms with Crippen molar-refractivity contribution < 1.29 is 5.11 Å². The van der Waals surface area contributed by atoms with Crippen molar-refractivity contribution in [3.05, 3.63) is 30.1 Å². The molecule has 1 N–H and O–H groups in total. The van der Waals surface area contributed by atoms with Crippen LogP contribution in [0.2, 0.25) is 0 Å². The van der Waals surface area contributed by atoms with Crippen LogP contribution in [0.25, 0.3) is 0 Å². The van der Waals surface area contributed by atoms with Crippen molar-refractivity contribution >= 4 is 0 Å². The number of nitrogens with zero attached hydrogens (tertiary/aromatic N) is 1. The van der Waals surface area contributed by atoms with Gasteiger partial charge in [-0.05, 0) is 49.3 Å². The first-order valence-corrected chi connectivity index (χ1v) is 5.79. The minimum absolute atomic E-state index is 0.464. The minimum Gasteiger partial charge on any atom is -0.390 e. The molecule has 1 aromatic heterocycles. The van der Waals surface area contributed by atoms with E-state index in [1.807, 2.05) is 12.1 Å². The van der Waals surface area contributed by atoms with Gasteiger partial charge in [-0.25, -0.2) is 0 Å². The molecule has 0 atom stereocenters. The molecule has 0 radical (unpaired) electrons. The van der Waals surface area contributed by atoms with Gasteiger partial charge < -0.3 is 5.11 Å². The number of rotatable bonds is 2. The molecular formula is C13H19NO. The average molecular weight is 205 g/mol. The van der Waals surface area contributed by atoms with Gasteiger partial charge in [0.05, 0.1) is 5.60 Å². The number of aliphatic hydroxyl groups is 1. The molecule has 0 bridgehead atoms. The molecule has 1 saturated carbocycles. The minimum atomic E-state index is -0.464. The van der Waals surface area contributed by atoms with Crippen LogP contribution in [0.3, 0.4) is 0 Å². The van der Waals surface area contributed by atoms with E-state index in [-0.39, 0.29) is 0 Å². The van der Waals surface area contributed by atoms with E-state index in [9.17, 15) is 5.11 Å². The zero-order valence-corrected chi connectivity index (χ0v) is 9.32. The van der Waals surface area contributed by atoms with E-state index in [2.05, 4.69) is 11.9 Å². The second-order valence-electron chi connectivity index (χ2n) is 4.94. The van der Waals surface area contributed by atoms with Gasteiger partial charge in [0.2, 0.25) is 0 Å². The van der Waals surface area contributed by atoms with Crippen LogP contribution >= 0.6 is 0 Å². The van der Waals surface area contributed by atoms with Gasteiger partial charge in [0.25, 0.3) is 0 Å². The third kappa shape index (κ3) is 2.78. The maximum absolute atomic E-state index is 10.4. The summed E-state index contributed by atoms with van der Waals surface area (Å²) >= 11 is 0. The maximum atomic E-state index is 10.4. The fraction of sp³-hybridized carbons (Fsp3) is 0.615. The van der Waals surface area contributed by atoms with Crippen molar-refractivity contribution in [2.75, 3.05) is 0 Å². The van der Waals surface area contributed by atoms with E-state index in [0.29, 0.717) is 0 Å². The first-order valence-electron chi connectivity index (χ1n) is 5.79. The Balaban J connectivity index is 1.99. The summed E-state index contributed by atoms with van der Waals surface area (Å²) in [5, 5.41) is 10.4. The van der Waals surface area contributed by atoms with Crippen molar-refractivity contribution in [2.45, 2.75) is 44.6 Å². The molecule has 0 spiro atoms. The molecule has 15 heavy (non-hydrogen) atoms. The molecule has 2 rings (SSSR count). The molecule has 1 aliphatic rings. The topological polar surface area (TPSA) is 33.1 Å². The predicted octanol–water partition coefficient (Wildman–Crippen LogP) is 2.57. The van der Waals surface area contributed by atoms with Crippen LogP contribution in [-0.2, 0) is 6.42 Å². The molecule has 1 fully saturated rings. The van der Waals surface area contributed by atoms with E-state index in [1.54, 1.807) is 12.4 Å². The van der Waals surface area contributed by atoms with Crippen molar-refractivity contribution in [1.82, 2.24) is 4.98 Å². The summed E-state index contributed by atoms with van der Waals surface area (Å²) in [6.45, 7) is 2.27. The Morgan fingerprint density at radius 2 is 1.93 bits per heavy atom. The van der Waals surface area contributed by atoms with Gasteiger partial charge in [0, 0.05) is 18.8 Å². The summed E-state index contributed by atoms with van der Waals surface area (Å²) < 4.78 is 0. The van der Waals surface area contributed by atoms with Crippen LogP contribution in [0, 0.1) is 5.92 Å². The molecule has 2 heteroatoms. The quantitative estimate of drug-likeness (QED) is 0.805. The predicted molar refractivity (Wildman–Crippen MR) is 60.5 cm³/mol. The Bertz CT molecular complexity index is 302. The van der Waals surface area contributed by atoms with E-state index < -0.39 is 5.60 Å². The fourth-order valence-corrected chi connectivity index (χ4v) is 2.36. The first-order chi connectivity index (χ1) is 7.18. The van der Waals surface area contributed by atoms with E-state index >= 15 is 0 Å². The molecule has 82 valence electrons. The standard InChI is InChI=1S/C13H19NO/c1-11-2-6-13(15,7-3-11)10-12-4-8-14-9-5-12/h4-5,8-9,11,15H,2-3,6-7,10H2,1H3. The lowest BCUT2D eigenvalue weighted by Gasteiger charge is -2.35. The molecule has 0 unspecified atom stereocenters. The SMILES string of the molecule is CC1CCC(O)(Cc2ccncc2)CC1. The van der Waals surface area contributed by atoms with Crippen LogP contribution in [0.1, 0.15) is 38.2 Å². The normalized spacial score (nSPS) is 31.5. The largest absolute Gasteiger partial charge is 0.390 e. The van der Waals surface area contributed by atoms with E-state index in [4.69, 9.17) is 0 Å². The zero-order valence-electron chi connectivity index (χ0n) is 9.32. The smallest absolute Gasteiger partial charge is 0.0688 e. The van der Waals surface area contributed by atoms with Gasteiger partial charge in [-0.2, -0.15) is 0 Å². The number of aromatic nitrogens is 1. The summed E-state index contributed by atoms with van der Waals surface area (Å²) in [4.78, 5) is 3.99. The summed E-state index contributed by atoms with van der Waals surface area (Å²) in [6.07, 6.45) is 8.56. The van der Waals surface area contributed by atoms with Gasteiger partial charge in [0.1, 0.15) is 0 Å². The number of hydrogen-bond acceptors (Lipinski definition) is 2. The molecule has 0 amide bonds. The molecule has 0 saturated heterocycles. The van der Waals surface area contributed by atoms with Gasteiger partial charge in [0.15, 0.2) is 0 Å². The highest BCUT2D eigenvalue weighted by atomic mass is 16.3. The summed E-state index contributed by atoms with van der Waals surface area (Å²) in [6, 6.07) is 3.99. The Morgan fingerprint density at radius 3 is 2.53 bits per heavy atom. The zero-order chi connectivity index (χ0) is 10.7. The third-order valence-electron chi connectivity index (χ3n) is 3.49. The lowest BCUT2D eigenvalue weighted by atomic mass is 9.77. The lowest BCUT2D eigenvalue weighted by molar-refractivity contribution is -0.00668. The Morgan fingerprint density at radius 1 is 1.33 bits per heavy atom. The van der Waals surface area contributed by atoms with Crippen molar-refractivity contribution in [3.63, 3.8) is 0 Å². The lowest BCUT2D eigenvalue weighted by Crippen LogP contribution is -2.35. The molecular weight excluding hydrogens is 186 g/mol. The number of pyridine rings is 1. The van der Waals surface area contributed by atoms with Crippen LogP contribution in [0.4, 0.5) is 0 Å². The van der Waals surface area contributed by atoms with Gasteiger partial charge in [-0.1, -0.05) is 6.92 Å². The number of hydrogen-bond donors (Lipinski definition) is 1. The van der Waals surface area contributed by atoms with Crippen molar-refractivity contribution in [2.24, 2.45) is 5.92 Å². The Labute approximate surface area is 91.4 Å². The molecule has 1 aromatic rings. The molecule has 0 aromatic carbocycles. The second kappa shape index (κ2) is 4.31. The second-order valence-corrected chi connectivity index (χ2v) is 4.94. The molecule has 2 nitrogen and oxygen atoms in total. The van der Waals surface area contributed by atoms with Crippen LogP contribution in [0.15, 0.2) is 24.5 Å². The van der Waals surface area contributed by atoms with Crippen molar-refractivity contribution in [1.29, 1.82) is 0 Å². The molecule has 0 aliphatic heterocycles. The highest BCUT2D eigenvalue weighted by molar-refractivity contribution is 5.13. The van der Waals surface area contributed by atoms with E-state index in [1.165, 1.54) is 5.56 Å². The highest BCUT2D eigenvalue weighted by Gasteiger charge is 2.31. The average Bonchev–Trinajstić information content (AvgIpc) is 2.24. The maximum Gasteiger partial charge on any atom is 0.0688 e. The first kappa shape index (κ1) is 10.6. The Kier molecular flexibility index (Phi) is 3.06. The fourth-order valence-electron chi connectivity index (χ4n) is 2.36. The highest BCUT2D eigenvalue weighted by Crippen LogP contribution is 2.33. The van der Waals surface area contributed by atoms with Gasteiger partial charge >= 0.3 is 0 Å². The monoisotopic (exact) mass is 205 g/mol. The summed E-state index contributed by atoms with van der Waals surface area (Å²) in [7, 11) is 0. The molecule has 1 heterocycles. The van der Waals surface area contributed by atoms with Gasteiger partial charge in [-0.3, -0.25) is 4.98 Å².